The molecule has 0 aromatic rings. The van der Waals surface area contributed by atoms with E-state index in [1.54, 1.807) is 0 Å². The molecule has 102 valence electrons. The second-order valence-electron chi connectivity index (χ2n) is 5.44. The quantitative estimate of drug-likeness (QED) is 0.443. The average Bonchev–Trinajstić information content (AvgIpc) is 2.37. The SMILES string of the molecule is CCCCC(CCC)C(C=O)(CC)CCCC. The van der Waals surface area contributed by atoms with Crippen molar-refractivity contribution in [1.82, 2.24) is 0 Å². The van der Waals surface area contributed by atoms with Crippen LogP contribution in [0.1, 0.15) is 85.5 Å². The third kappa shape index (κ3) is 5.23. The lowest BCUT2D eigenvalue weighted by Crippen LogP contribution is -2.32. The van der Waals surface area contributed by atoms with Gasteiger partial charge in [0.2, 0.25) is 0 Å². The molecule has 0 saturated heterocycles. The molecule has 0 aliphatic rings. The summed E-state index contributed by atoms with van der Waals surface area (Å²) in [6.07, 6.45) is 12.0. The Morgan fingerprint density at radius 1 is 0.941 bits per heavy atom. The van der Waals surface area contributed by atoms with Crippen molar-refractivity contribution < 1.29 is 4.79 Å². The van der Waals surface area contributed by atoms with Crippen LogP contribution in [0.3, 0.4) is 0 Å². The molecule has 0 radical (unpaired) electrons. The fourth-order valence-electron chi connectivity index (χ4n) is 2.93. The van der Waals surface area contributed by atoms with Gasteiger partial charge in [0, 0.05) is 5.41 Å². The molecule has 2 unspecified atom stereocenters. The highest BCUT2D eigenvalue weighted by atomic mass is 16.1. The number of aldehydes is 1. The van der Waals surface area contributed by atoms with Gasteiger partial charge < -0.3 is 4.79 Å². The van der Waals surface area contributed by atoms with Gasteiger partial charge in [-0.25, -0.2) is 0 Å². The Balaban J connectivity index is 4.70. The lowest BCUT2D eigenvalue weighted by atomic mass is 9.67. The van der Waals surface area contributed by atoms with Crippen LogP contribution in [0.2, 0.25) is 0 Å². The van der Waals surface area contributed by atoms with E-state index in [0.29, 0.717) is 5.92 Å². The molecule has 0 amide bonds. The first kappa shape index (κ1) is 16.7. The summed E-state index contributed by atoms with van der Waals surface area (Å²) in [5.41, 5.74) is -0.0266. The van der Waals surface area contributed by atoms with E-state index in [-0.39, 0.29) is 5.41 Å². The highest BCUT2D eigenvalue weighted by Gasteiger charge is 2.35. The van der Waals surface area contributed by atoms with E-state index in [2.05, 4.69) is 27.7 Å². The van der Waals surface area contributed by atoms with E-state index in [0.717, 1.165) is 12.8 Å². The molecule has 0 aromatic heterocycles. The third-order valence-corrected chi connectivity index (χ3v) is 4.25. The summed E-state index contributed by atoms with van der Waals surface area (Å²) in [7, 11) is 0. The summed E-state index contributed by atoms with van der Waals surface area (Å²) >= 11 is 0. The number of unbranched alkanes of at least 4 members (excludes halogenated alkanes) is 2. The zero-order valence-corrected chi connectivity index (χ0v) is 12.4. The normalized spacial score (nSPS) is 16.5. The Bertz CT molecular complexity index is 188. The second-order valence-corrected chi connectivity index (χ2v) is 5.44. The van der Waals surface area contributed by atoms with Crippen molar-refractivity contribution in [3.63, 3.8) is 0 Å². The van der Waals surface area contributed by atoms with E-state index in [1.165, 1.54) is 51.2 Å². The summed E-state index contributed by atoms with van der Waals surface area (Å²) < 4.78 is 0. The molecule has 0 aliphatic carbocycles. The first-order chi connectivity index (χ1) is 8.20. The van der Waals surface area contributed by atoms with Gasteiger partial charge in [0.25, 0.3) is 0 Å². The standard InChI is InChI=1S/C16H32O/c1-5-9-12-15(11-7-3)16(8-4,14-17)13-10-6-2/h14-15H,5-13H2,1-4H3. The van der Waals surface area contributed by atoms with Crippen LogP contribution in [0.4, 0.5) is 0 Å². The van der Waals surface area contributed by atoms with E-state index in [9.17, 15) is 4.79 Å². The molecule has 2 atom stereocenters. The average molecular weight is 240 g/mol. The fourth-order valence-corrected chi connectivity index (χ4v) is 2.93. The highest BCUT2D eigenvalue weighted by molar-refractivity contribution is 5.59. The number of rotatable bonds is 11. The van der Waals surface area contributed by atoms with E-state index < -0.39 is 0 Å². The molecule has 0 bridgehead atoms. The smallest absolute Gasteiger partial charge is 0.126 e. The Morgan fingerprint density at radius 3 is 2.00 bits per heavy atom. The summed E-state index contributed by atoms with van der Waals surface area (Å²) in [6.45, 7) is 8.89. The van der Waals surface area contributed by atoms with Gasteiger partial charge in [-0.1, -0.05) is 59.8 Å². The monoisotopic (exact) mass is 240 g/mol. The van der Waals surface area contributed by atoms with Crippen molar-refractivity contribution in [3.8, 4) is 0 Å². The molecular weight excluding hydrogens is 208 g/mol. The lowest BCUT2D eigenvalue weighted by molar-refractivity contribution is -0.120. The summed E-state index contributed by atoms with van der Waals surface area (Å²) in [5, 5.41) is 0. The molecule has 17 heavy (non-hydrogen) atoms. The topological polar surface area (TPSA) is 17.1 Å². The van der Waals surface area contributed by atoms with Crippen LogP contribution in [0.25, 0.3) is 0 Å². The number of hydrogen-bond donors (Lipinski definition) is 0. The predicted molar refractivity (Wildman–Crippen MR) is 76.2 cm³/mol. The van der Waals surface area contributed by atoms with Gasteiger partial charge in [-0.2, -0.15) is 0 Å². The van der Waals surface area contributed by atoms with Gasteiger partial charge in [-0.05, 0) is 31.6 Å². The second kappa shape index (κ2) is 9.67. The van der Waals surface area contributed by atoms with Crippen LogP contribution in [0.5, 0.6) is 0 Å². The van der Waals surface area contributed by atoms with Crippen LogP contribution in [0, 0.1) is 11.3 Å². The van der Waals surface area contributed by atoms with Crippen LogP contribution in [-0.4, -0.2) is 6.29 Å². The van der Waals surface area contributed by atoms with Crippen molar-refractivity contribution in [2.45, 2.75) is 85.5 Å². The first-order valence-electron chi connectivity index (χ1n) is 7.67. The molecule has 0 N–H and O–H groups in total. The molecule has 0 aliphatic heterocycles. The van der Waals surface area contributed by atoms with E-state index >= 15 is 0 Å². The fraction of sp³-hybridized carbons (Fsp3) is 0.938. The summed E-state index contributed by atoms with van der Waals surface area (Å²) in [5.74, 6) is 0.612. The molecular formula is C16H32O. The Hall–Kier alpha value is -0.330. The first-order valence-corrected chi connectivity index (χ1v) is 7.67. The van der Waals surface area contributed by atoms with Crippen molar-refractivity contribution in [1.29, 1.82) is 0 Å². The van der Waals surface area contributed by atoms with Gasteiger partial charge in [-0.15, -0.1) is 0 Å². The molecule has 0 aromatic carbocycles. The summed E-state index contributed by atoms with van der Waals surface area (Å²) in [4.78, 5) is 11.6. The van der Waals surface area contributed by atoms with Crippen molar-refractivity contribution in [2.75, 3.05) is 0 Å². The third-order valence-electron chi connectivity index (χ3n) is 4.25. The Morgan fingerprint density at radius 2 is 1.59 bits per heavy atom. The molecule has 1 heteroatoms. The molecule has 1 nitrogen and oxygen atoms in total. The predicted octanol–water partition coefficient (Wildman–Crippen LogP) is 5.38. The van der Waals surface area contributed by atoms with Gasteiger partial charge in [0.05, 0.1) is 0 Å². The minimum Gasteiger partial charge on any atom is -0.303 e. The minimum absolute atomic E-state index is 0.0266. The van der Waals surface area contributed by atoms with E-state index in [4.69, 9.17) is 0 Å². The molecule has 0 heterocycles. The van der Waals surface area contributed by atoms with Gasteiger partial charge in [0.1, 0.15) is 6.29 Å². The zero-order chi connectivity index (χ0) is 13.1. The highest BCUT2D eigenvalue weighted by Crippen LogP contribution is 2.40. The maximum atomic E-state index is 11.6. The molecule has 0 spiro atoms. The van der Waals surface area contributed by atoms with Crippen LogP contribution < -0.4 is 0 Å². The molecule has 0 rings (SSSR count). The molecule has 0 fully saturated rings. The largest absolute Gasteiger partial charge is 0.303 e. The summed E-state index contributed by atoms with van der Waals surface area (Å²) in [6, 6.07) is 0. The number of hydrogen-bond acceptors (Lipinski definition) is 1. The minimum atomic E-state index is -0.0266. The van der Waals surface area contributed by atoms with Gasteiger partial charge in [0.15, 0.2) is 0 Å². The van der Waals surface area contributed by atoms with Crippen molar-refractivity contribution in [3.05, 3.63) is 0 Å². The molecule has 0 saturated carbocycles. The van der Waals surface area contributed by atoms with Crippen LogP contribution >= 0.6 is 0 Å². The van der Waals surface area contributed by atoms with Crippen LogP contribution in [0.15, 0.2) is 0 Å². The number of carbonyl (C=O) groups excluding carboxylic acids is 1. The Kier molecular flexibility index (Phi) is 9.49. The maximum absolute atomic E-state index is 11.6. The van der Waals surface area contributed by atoms with Crippen molar-refractivity contribution >= 4 is 6.29 Å². The van der Waals surface area contributed by atoms with Crippen LogP contribution in [-0.2, 0) is 4.79 Å². The zero-order valence-electron chi connectivity index (χ0n) is 12.4. The van der Waals surface area contributed by atoms with Crippen molar-refractivity contribution in [2.24, 2.45) is 11.3 Å². The number of carbonyl (C=O) groups is 1. The van der Waals surface area contributed by atoms with E-state index in [1.807, 2.05) is 0 Å². The lowest BCUT2D eigenvalue weighted by Gasteiger charge is -2.36. The van der Waals surface area contributed by atoms with Gasteiger partial charge >= 0.3 is 0 Å². The maximum Gasteiger partial charge on any atom is 0.126 e. The Labute approximate surface area is 108 Å². The van der Waals surface area contributed by atoms with Gasteiger partial charge in [-0.3, -0.25) is 0 Å².